The van der Waals surface area contributed by atoms with E-state index in [1.807, 2.05) is 56.3 Å². The summed E-state index contributed by atoms with van der Waals surface area (Å²) in [6.45, 7) is 3.90. The van der Waals surface area contributed by atoms with E-state index in [1.165, 1.54) is 17.3 Å². The Morgan fingerprint density at radius 2 is 1.90 bits per heavy atom. The maximum absolute atomic E-state index is 13.1. The first-order valence-corrected chi connectivity index (χ1v) is 10.9. The molecule has 1 atom stereocenters. The van der Waals surface area contributed by atoms with E-state index in [2.05, 4.69) is 27.4 Å². The topological polar surface area (TPSA) is 78.1 Å². The summed E-state index contributed by atoms with van der Waals surface area (Å²) in [5.41, 5.74) is 4.61. The lowest BCUT2D eigenvalue weighted by Crippen LogP contribution is -2.40. The molecule has 1 aliphatic heterocycles. The van der Waals surface area contributed by atoms with Crippen LogP contribution in [0.5, 0.6) is 0 Å². The predicted molar refractivity (Wildman–Crippen MR) is 120 cm³/mol. The van der Waals surface area contributed by atoms with Crippen LogP contribution < -0.4 is 10.2 Å². The fourth-order valence-corrected chi connectivity index (χ4v) is 4.46. The Bertz CT molecular complexity index is 1060. The Morgan fingerprint density at radius 3 is 2.70 bits per heavy atom. The maximum Gasteiger partial charge on any atom is 0.237 e. The van der Waals surface area contributed by atoms with Gasteiger partial charge >= 0.3 is 0 Å². The van der Waals surface area contributed by atoms with Crippen molar-refractivity contribution in [1.29, 1.82) is 0 Å². The van der Waals surface area contributed by atoms with E-state index in [0.29, 0.717) is 5.69 Å². The largest absolute Gasteiger partial charge is 0.337 e. The van der Waals surface area contributed by atoms with Gasteiger partial charge in [-0.05, 0) is 31.5 Å². The molecule has 30 heavy (non-hydrogen) atoms. The molecule has 3 aromatic rings. The molecular formula is C23H24N4O2S. The molecule has 154 valence electrons. The molecular weight excluding hydrogens is 396 g/mol. The molecule has 6 nitrogen and oxygen atoms in total. The number of carbonyl (C=O) groups is 2. The molecule has 0 radical (unpaired) electrons. The predicted octanol–water partition coefficient (Wildman–Crippen LogP) is 4.16. The van der Waals surface area contributed by atoms with Crippen LogP contribution in [0.1, 0.15) is 30.3 Å². The van der Waals surface area contributed by atoms with Gasteiger partial charge in [-0.3, -0.25) is 9.59 Å². The Kier molecular flexibility index (Phi) is 5.90. The van der Waals surface area contributed by atoms with Crippen molar-refractivity contribution in [3.05, 3.63) is 71.5 Å². The Balaban J connectivity index is 1.47. The first-order chi connectivity index (χ1) is 14.5. The number of nitrogens with zero attached hydrogens (tertiary/aromatic N) is 2. The van der Waals surface area contributed by atoms with E-state index < -0.39 is 0 Å². The SMILES string of the molecule is Cc1[nH]c(SCC(=O)N2c3ccccc3NC(=O)C[C@@H]2C)nc1Cc1ccccc1. The van der Waals surface area contributed by atoms with Gasteiger partial charge in [0.15, 0.2) is 5.16 Å². The molecule has 0 saturated heterocycles. The van der Waals surface area contributed by atoms with Gasteiger partial charge in [0, 0.05) is 24.6 Å². The number of carbonyl (C=O) groups excluding carboxylic acids is 2. The van der Waals surface area contributed by atoms with Gasteiger partial charge in [0.2, 0.25) is 11.8 Å². The third kappa shape index (κ3) is 4.41. The van der Waals surface area contributed by atoms with Gasteiger partial charge in [0.25, 0.3) is 0 Å². The highest BCUT2D eigenvalue weighted by atomic mass is 32.2. The minimum Gasteiger partial charge on any atom is -0.337 e. The number of hydrogen-bond donors (Lipinski definition) is 2. The monoisotopic (exact) mass is 420 g/mol. The van der Waals surface area contributed by atoms with Crippen LogP contribution in [0, 0.1) is 6.92 Å². The van der Waals surface area contributed by atoms with Crippen molar-refractivity contribution in [1.82, 2.24) is 9.97 Å². The lowest BCUT2D eigenvalue weighted by Gasteiger charge is -2.27. The van der Waals surface area contributed by atoms with Crippen LogP contribution in [-0.2, 0) is 16.0 Å². The van der Waals surface area contributed by atoms with E-state index in [4.69, 9.17) is 0 Å². The van der Waals surface area contributed by atoms with E-state index in [9.17, 15) is 9.59 Å². The van der Waals surface area contributed by atoms with Crippen molar-refractivity contribution in [2.45, 2.75) is 37.9 Å². The summed E-state index contributed by atoms with van der Waals surface area (Å²) in [6.07, 6.45) is 1.02. The summed E-state index contributed by atoms with van der Waals surface area (Å²) in [7, 11) is 0. The normalized spacial score (nSPS) is 16.0. The standard InChI is InChI=1S/C23H24N4O2S/c1-15-12-21(28)25-18-10-6-7-11-20(18)27(15)22(29)14-30-23-24-16(2)19(26-23)13-17-8-4-3-5-9-17/h3-11,15H,12-14H2,1-2H3,(H,24,26)(H,25,28)/t15-/m0/s1. The number of aromatic nitrogens is 2. The van der Waals surface area contributed by atoms with Crippen molar-refractivity contribution in [3.63, 3.8) is 0 Å². The van der Waals surface area contributed by atoms with Gasteiger partial charge in [-0.1, -0.05) is 54.2 Å². The second kappa shape index (κ2) is 8.75. The zero-order chi connectivity index (χ0) is 21.1. The van der Waals surface area contributed by atoms with Gasteiger partial charge in [0.05, 0.1) is 22.8 Å². The Hall–Kier alpha value is -3.06. The number of para-hydroxylation sites is 2. The fourth-order valence-electron chi connectivity index (χ4n) is 3.66. The first kappa shape index (κ1) is 20.2. The summed E-state index contributed by atoms with van der Waals surface area (Å²) in [4.78, 5) is 34.9. The number of thioether (sulfide) groups is 1. The molecule has 4 rings (SSSR count). The van der Waals surface area contributed by atoms with E-state index >= 15 is 0 Å². The molecule has 2 amide bonds. The van der Waals surface area contributed by atoms with Crippen molar-refractivity contribution < 1.29 is 9.59 Å². The van der Waals surface area contributed by atoms with Crippen LogP contribution in [0.4, 0.5) is 11.4 Å². The summed E-state index contributed by atoms with van der Waals surface area (Å²) >= 11 is 1.39. The number of imidazole rings is 1. The minimum absolute atomic E-state index is 0.0462. The Labute approximate surface area is 180 Å². The lowest BCUT2D eigenvalue weighted by molar-refractivity contribution is -0.117. The van der Waals surface area contributed by atoms with Gasteiger partial charge < -0.3 is 15.2 Å². The molecule has 2 heterocycles. The second-order valence-corrected chi connectivity index (χ2v) is 8.41. The smallest absolute Gasteiger partial charge is 0.237 e. The zero-order valence-corrected chi connectivity index (χ0v) is 17.8. The fraction of sp³-hybridized carbons (Fsp3) is 0.261. The maximum atomic E-state index is 13.1. The summed E-state index contributed by atoms with van der Waals surface area (Å²) in [5, 5.41) is 3.62. The van der Waals surface area contributed by atoms with E-state index in [0.717, 1.165) is 28.7 Å². The van der Waals surface area contributed by atoms with Crippen LogP contribution in [0.25, 0.3) is 0 Å². The van der Waals surface area contributed by atoms with Crippen LogP contribution in [0.2, 0.25) is 0 Å². The quantitative estimate of drug-likeness (QED) is 0.608. The van der Waals surface area contributed by atoms with E-state index in [-0.39, 0.29) is 30.0 Å². The summed E-state index contributed by atoms with van der Waals surface area (Å²) in [5.74, 6) is 0.116. The molecule has 2 N–H and O–H groups in total. The van der Waals surface area contributed by atoms with Crippen LogP contribution >= 0.6 is 11.8 Å². The first-order valence-electron chi connectivity index (χ1n) is 9.94. The third-order valence-electron chi connectivity index (χ3n) is 5.14. The van der Waals surface area contributed by atoms with Gasteiger partial charge in [-0.25, -0.2) is 4.98 Å². The highest BCUT2D eigenvalue weighted by Crippen LogP contribution is 2.32. The number of hydrogen-bond acceptors (Lipinski definition) is 4. The molecule has 0 fully saturated rings. The Morgan fingerprint density at radius 1 is 1.17 bits per heavy atom. The summed E-state index contributed by atoms with van der Waals surface area (Å²) < 4.78 is 0. The average Bonchev–Trinajstić information content (AvgIpc) is 3.01. The van der Waals surface area contributed by atoms with Crippen LogP contribution in [-0.4, -0.2) is 33.6 Å². The molecule has 0 spiro atoms. The van der Waals surface area contributed by atoms with Gasteiger partial charge in [-0.2, -0.15) is 0 Å². The molecule has 1 aliphatic rings. The second-order valence-electron chi connectivity index (χ2n) is 7.45. The highest BCUT2D eigenvalue weighted by molar-refractivity contribution is 7.99. The number of anilines is 2. The number of benzene rings is 2. The average molecular weight is 421 g/mol. The van der Waals surface area contributed by atoms with Crippen molar-refractivity contribution in [2.75, 3.05) is 16.0 Å². The number of amides is 2. The molecule has 7 heteroatoms. The van der Waals surface area contributed by atoms with Crippen molar-refractivity contribution >= 4 is 35.0 Å². The number of nitrogens with one attached hydrogen (secondary N) is 2. The zero-order valence-electron chi connectivity index (χ0n) is 17.0. The molecule has 1 aromatic heterocycles. The molecule has 0 bridgehead atoms. The minimum atomic E-state index is -0.214. The lowest BCUT2D eigenvalue weighted by atomic mass is 10.1. The number of rotatable bonds is 5. The molecule has 2 aromatic carbocycles. The molecule has 0 aliphatic carbocycles. The third-order valence-corrected chi connectivity index (χ3v) is 6.00. The number of H-pyrrole nitrogens is 1. The number of aryl methyl sites for hydroxylation is 1. The highest BCUT2D eigenvalue weighted by Gasteiger charge is 2.29. The van der Waals surface area contributed by atoms with Crippen molar-refractivity contribution in [2.24, 2.45) is 0 Å². The number of fused-ring (bicyclic) bond motifs is 1. The van der Waals surface area contributed by atoms with Gasteiger partial charge in [-0.15, -0.1) is 0 Å². The van der Waals surface area contributed by atoms with E-state index in [1.54, 1.807) is 4.90 Å². The summed E-state index contributed by atoms with van der Waals surface area (Å²) in [6, 6.07) is 17.4. The molecule has 0 unspecified atom stereocenters. The number of aromatic amines is 1. The van der Waals surface area contributed by atoms with Crippen molar-refractivity contribution in [3.8, 4) is 0 Å². The van der Waals surface area contributed by atoms with Crippen LogP contribution in [0.15, 0.2) is 59.8 Å². The van der Waals surface area contributed by atoms with Gasteiger partial charge in [0.1, 0.15) is 0 Å². The van der Waals surface area contributed by atoms with Crippen LogP contribution in [0.3, 0.4) is 0 Å². The molecule has 0 saturated carbocycles.